The smallest absolute Gasteiger partial charge is 0.255 e. The summed E-state index contributed by atoms with van der Waals surface area (Å²) >= 11 is -2.09. The zero-order chi connectivity index (χ0) is 27.1. The maximum absolute atomic E-state index is 13.0. The van der Waals surface area contributed by atoms with Gasteiger partial charge in [0.2, 0.25) is 17.0 Å². The molecule has 0 aliphatic heterocycles. The first-order valence-electron chi connectivity index (χ1n) is 14.0. The second-order valence-corrected chi connectivity index (χ2v) is 11.4. The number of aromatic nitrogens is 1. The van der Waals surface area contributed by atoms with Crippen molar-refractivity contribution >= 4 is 28.3 Å². The predicted molar refractivity (Wildman–Crippen MR) is 153 cm³/mol. The molecule has 1 saturated carbocycles. The summed E-state index contributed by atoms with van der Waals surface area (Å²) in [5.74, 6) is 0.630. The van der Waals surface area contributed by atoms with E-state index in [9.17, 15) is 13.6 Å². The summed E-state index contributed by atoms with van der Waals surface area (Å²) in [5, 5.41) is 3.43. The van der Waals surface area contributed by atoms with Crippen molar-refractivity contribution in [1.82, 2.24) is 14.6 Å². The number of benzene rings is 1. The molecule has 0 bridgehead atoms. The van der Waals surface area contributed by atoms with Crippen LogP contribution in [0.4, 0.5) is 0 Å². The molecule has 2 heterocycles. The summed E-state index contributed by atoms with van der Waals surface area (Å²) in [6, 6.07) is 9.90. The average molecular weight is 540 g/mol. The third-order valence-corrected chi connectivity index (χ3v) is 8.14. The Morgan fingerprint density at radius 3 is 2.37 bits per heavy atom. The number of aryl methyl sites for hydroxylation is 1. The van der Waals surface area contributed by atoms with Crippen LogP contribution >= 0.6 is 0 Å². The van der Waals surface area contributed by atoms with E-state index >= 15 is 0 Å². The van der Waals surface area contributed by atoms with Crippen molar-refractivity contribution in [3.05, 3.63) is 52.7 Å². The molecule has 2 aromatic heterocycles. The molecule has 1 amide bonds. The number of pyridine rings is 1. The Balaban J connectivity index is 1.57. The van der Waals surface area contributed by atoms with E-state index in [4.69, 9.17) is 9.40 Å². The molecule has 38 heavy (non-hydrogen) atoms. The molecule has 206 valence electrons. The number of carbonyl (C=O) groups is 1. The van der Waals surface area contributed by atoms with Crippen molar-refractivity contribution < 1.29 is 18.0 Å². The topological polar surface area (TPSA) is 95.7 Å². The number of hydrogen-bond donors (Lipinski definition) is 2. The van der Waals surface area contributed by atoms with Gasteiger partial charge in [0.05, 0.1) is 23.2 Å². The molecule has 1 fully saturated rings. The zero-order valence-corrected chi connectivity index (χ0v) is 23.7. The monoisotopic (exact) mass is 539 g/mol. The molecule has 8 heteroatoms. The van der Waals surface area contributed by atoms with Gasteiger partial charge in [0.25, 0.3) is 5.91 Å². The minimum Gasteiger partial charge on any atom is -0.437 e. The quantitative estimate of drug-likeness (QED) is 0.158. The molecule has 7 nitrogen and oxygen atoms in total. The Morgan fingerprint density at radius 1 is 1.11 bits per heavy atom. The number of carbonyl (C=O) groups excluding carboxylic acids is 1. The standard InChI is InChI=1S/C30H41N3O4S/c1-4-5-6-7-8-9-10-11-18-33(38(35)36)20-26-24(22-16-17-22)19-25-27(29(34)31-3)28(37-30(25)32-26)23-14-12-21(2)13-15-23/h12-15,19,22H,4-11,16-18,20H2,1-3H3,(H,31,34)(H,35,36). The molecule has 0 spiro atoms. The predicted octanol–water partition coefficient (Wildman–Crippen LogP) is 7.12. The lowest BCUT2D eigenvalue weighted by Gasteiger charge is -2.19. The van der Waals surface area contributed by atoms with Crippen molar-refractivity contribution in [1.29, 1.82) is 0 Å². The van der Waals surface area contributed by atoms with E-state index < -0.39 is 11.3 Å². The van der Waals surface area contributed by atoms with E-state index in [-0.39, 0.29) is 12.5 Å². The lowest BCUT2D eigenvalue weighted by Crippen LogP contribution is -2.27. The molecule has 4 rings (SSSR count). The number of unbranched alkanes of at least 4 members (excludes halogenated alkanes) is 7. The number of furan rings is 1. The average Bonchev–Trinajstić information content (AvgIpc) is 3.69. The minimum absolute atomic E-state index is 0.219. The van der Waals surface area contributed by atoms with Gasteiger partial charge >= 0.3 is 0 Å². The SMILES string of the molecule is CCCCCCCCCCN(Cc1nc2oc(-c3ccc(C)cc3)c(C(=O)NC)c2cc1C1CC1)S(=O)O. The first-order chi connectivity index (χ1) is 18.4. The third kappa shape index (κ3) is 7.10. The molecule has 3 aromatic rings. The van der Waals surface area contributed by atoms with Gasteiger partial charge in [-0.2, -0.15) is 4.31 Å². The van der Waals surface area contributed by atoms with E-state index in [0.717, 1.165) is 54.5 Å². The van der Waals surface area contributed by atoms with Crippen LogP contribution in [0.5, 0.6) is 0 Å². The molecule has 0 saturated heterocycles. The summed E-state index contributed by atoms with van der Waals surface area (Å²) in [7, 11) is 1.61. The summed E-state index contributed by atoms with van der Waals surface area (Å²) < 4.78 is 30.1. The van der Waals surface area contributed by atoms with Crippen LogP contribution in [0.3, 0.4) is 0 Å². The molecule has 1 aliphatic carbocycles. The van der Waals surface area contributed by atoms with Crippen molar-refractivity contribution in [2.75, 3.05) is 13.6 Å². The molecular weight excluding hydrogens is 498 g/mol. The summed E-state index contributed by atoms with van der Waals surface area (Å²) in [5.41, 5.74) is 4.61. The van der Waals surface area contributed by atoms with Crippen LogP contribution in [0.25, 0.3) is 22.4 Å². The lowest BCUT2D eigenvalue weighted by molar-refractivity contribution is 0.0964. The van der Waals surface area contributed by atoms with Crippen LogP contribution in [0.2, 0.25) is 0 Å². The highest BCUT2D eigenvalue weighted by molar-refractivity contribution is 7.76. The van der Waals surface area contributed by atoms with Crippen LogP contribution in [0.15, 0.2) is 34.7 Å². The molecule has 2 N–H and O–H groups in total. The second kappa shape index (κ2) is 13.5. The van der Waals surface area contributed by atoms with Gasteiger partial charge in [0, 0.05) is 19.2 Å². The molecular formula is C30H41N3O4S. The first-order valence-corrected chi connectivity index (χ1v) is 15.1. The van der Waals surface area contributed by atoms with E-state index in [1.54, 1.807) is 11.4 Å². The van der Waals surface area contributed by atoms with E-state index in [1.807, 2.05) is 37.3 Å². The maximum atomic E-state index is 13.0. The van der Waals surface area contributed by atoms with E-state index in [0.29, 0.717) is 34.9 Å². The fourth-order valence-electron chi connectivity index (χ4n) is 5.01. The van der Waals surface area contributed by atoms with Gasteiger partial charge in [0.1, 0.15) is 5.76 Å². The Bertz CT molecular complexity index is 1250. The summed E-state index contributed by atoms with van der Waals surface area (Å²) in [6.45, 7) is 5.05. The second-order valence-electron chi connectivity index (χ2n) is 10.5. The molecule has 1 unspecified atom stereocenters. The van der Waals surface area contributed by atoms with E-state index in [1.165, 1.54) is 32.1 Å². The fraction of sp³-hybridized carbons (Fsp3) is 0.533. The van der Waals surface area contributed by atoms with Gasteiger partial charge in [-0.25, -0.2) is 9.19 Å². The lowest BCUT2D eigenvalue weighted by atomic mass is 10.0. The number of rotatable bonds is 15. The van der Waals surface area contributed by atoms with Crippen LogP contribution in [0.1, 0.15) is 104 Å². The third-order valence-electron chi connectivity index (χ3n) is 7.39. The van der Waals surface area contributed by atoms with Gasteiger partial charge in [-0.3, -0.25) is 9.35 Å². The number of fused-ring (bicyclic) bond motifs is 1. The summed E-state index contributed by atoms with van der Waals surface area (Å²) in [4.78, 5) is 17.8. The molecule has 1 aliphatic rings. The largest absolute Gasteiger partial charge is 0.437 e. The molecule has 0 radical (unpaired) electrons. The highest BCUT2D eigenvalue weighted by Gasteiger charge is 2.31. The van der Waals surface area contributed by atoms with Gasteiger partial charge in [-0.1, -0.05) is 81.7 Å². The van der Waals surface area contributed by atoms with Gasteiger partial charge in [-0.15, -0.1) is 0 Å². The minimum atomic E-state index is -2.09. The van der Waals surface area contributed by atoms with Gasteiger partial charge in [0.15, 0.2) is 0 Å². The summed E-state index contributed by atoms with van der Waals surface area (Å²) in [6.07, 6.45) is 11.5. The Morgan fingerprint density at radius 2 is 1.76 bits per heavy atom. The molecule has 1 atom stereocenters. The van der Waals surface area contributed by atoms with Crippen LogP contribution < -0.4 is 5.32 Å². The number of amides is 1. The van der Waals surface area contributed by atoms with Crippen LogP contribution in [-0.2, 0) is 17.8 Å². The van der Waals surface area contributed by atoms with Crippen LogP contribution in [0, 0.1) is 6.92 Å². The Hall–Kier alpha value is -2.55. The van der Waals surface area contributed by atoms with Gasteiger partial charge < -0.3 is 9.73 Å². The number of nitrogens with zero attached hydrogens (tertiary/aromatic N) is 2. The first kappa shape index (κ1) is 28.5. The highest BCUT2D eigenvalue weighted by Crippen LogP contribution is 2.44. The zero-order valence-electron chi connectivity index (χ0n) is 22.9. The van der Waals surface area contributed by atoms with Crippen molar-refractivity contribution in [3.63, 3.8) is 0 Å². The molecule has 1 aromatic carbocycles. The number of nitrogens with one attached hydrogen (secondary N) is 1. The van der Waals surface area contributed by atoms with Crippen LogP contribution in [-0.4, -0.2) is 37.6 Å². The highest BCUT2D eigenvalue weighted by atomic mass is 32.2. The number of hydrogen-bond acceptors (Lipinski definition) is 4. The van der Waals surface area contributed by atoms with Crippen molar-refractivity contribution in [3.8, 4) is 11.3 Å². The fourth-order valence-corrected chi connectivity index (χ4v) is 5.53. The maximum Gasteiger partial charge on any atom is 0.255 e. The van der Waals surface area contributed by atoms with Crippen molar-refractivity contribution in [2.24, 2.45) is 0 Å². The van der Waals surface area contributed by atoms with Gasteiger partial charge in [-0.05, 0) is 43.7 Å². The van der Waals surface area contributed by atoms with E-state index in [2.05, 4.69) is 12.2 Å². The Kier molecular flexibility index (Phi) is 10.1. The normalized spacial score (nSPS) is 14.3. The Labute approximate surface area is 228 Å². The van der Waals surface area contributed by atoms with Crippen molar-refractivity contribution in [2.45, 2.75) is 90.5 Å².